The van der Waals surface area contributed by atoms with Crippen LogP contribution in [0.2, 0.25) is 0 Å². The first-order chi connectivity index (χ1) is 13.6. The third-order valence-electron chi connectivity index (χ3n) is 4.32. The second kappa shape index (κ2) is 10.9. The molecule has 0 saturated carbocycles. The molecule has 0 fully saturated rings. The van der Waals surface area contributed by atoms with Crippen molar-refractivity contribution in [3.63, 3.8) is 0 Å². The molecule has 0 heterocycles. The van der Waals surface area contributed by atoms with Crippen LogP contribution < -0.4 is 24.4 Å². The average Bonchev–Trinajstić information content (AvgIpc) is 2.74. The van der Waals surface area contributed by atoms with Crippen LogP contribution in [0.5, 0.6) is 17.2 Å². The molecule has 6 nitrogen and oxygen atoms in total. The number of rotatable bonds is 10. The Balaban J connectivity index is 1.87. The first-order valence-corrected chi connectivity index (χ1v) is 9.11. The molecule has 0 saturated heterocycles. The van der Waals surface area contributed by atoms with Crippen molar-refractivity contribution in [3.8, 4) is 17.2 Å². The quantitative estimate of drug-likeness (QED) is 0.503. The number of nitrogens with zero attached hydrogens (tertiary/aromatic N) is 1. The number of carbonyl (C=O) groups is 1. The number of nitrogens with one attached hydrogen (secondary N) is 1. The molecule has 2 aromatic rings. The first-order valence-electron chi connectivity index (χ1n) is 9.11. The van der Waals surface area contributed by atoms with E-state index in [-0.39, 0.29) is 5.91 Å². The van der Waals surface area contributed by atoms with E-state index in [2.05, 4.69) is 22.3 Å². The minimum Gasteiger partial charge on any atom is -0.493 e. The minimum atomic E-state index is -0.154. The van der Waals surface area contributed by atoms with Crippen molar-refractivity contribution in [2.45, 2.75) is 6.42 Å². The number of carbonyl (C=O) groups excluding carboxylic acids is 1. The van der Waals surface area contributed by atoms with Gasteiger partial charge in [0.1, 0.15) is 0 Å². The Bertz CT molecular complexity index is 791. The number of hydrogen-bond donors (Lipinski definition) is 1. The molecule has 0 unspecified atom stereocenters. The maximum absolute atomic E-state index is 12.1. The Morgan fingerprint density at radius 1 is 1.00 bits per heavy atom. The van der Waals surface area contributed by atoms with E-state index in [9.17, 15) is 4.79 Å². The highest BCUT2D eigenvalue weighted by molar-refractivity contribution is 5.92. The third kappa shape index (κ3) is 5.67. The summed E-state index contributed by atoms with van der Waals surface area (Å²) < 4.78 is 16.0. The molecular weight excluding hydrogens is 356 g/mol. The predicted octanol–water partition coefficient (Wildman–Crippen LogP) is 3.37. The van der Waals surface area contributed by atoms with Crippen LogP contribution in [-0.2, 0) is 4.79 Å². The van der Waals surface area contributed by atoms with Gasteiger partial charge in [0.15, 0.2) is 11.5 Å². The van der Waals surface area contributed by atoms with Crippen LogP contribution in [-0.4, -0.2) is 47.4 Å². The maximum Gasteiger partial charge on any atom is 0.244 e. The molecule has 0 spiro atoms. The molecule has 0 aliphatic rings. The molecule has 0 radical (unpaired) electrons. The van der Waals surface area contributed by atoms with E-state index in [0.29, 0.717) is 23.8 Å². The normalized spacial score (nSPS) is 10.6. The summed E-state index contributed by atoms with van der Waals surface area (Å²) in [6.45, 7) is 1.46. The van der Waals surface area contributed by atoms with Gasteiger partial charge in [-0.2, -0.15) is 0 Å². The van der Waals surface area contributed by atoms with Crippen LogP contribution in [0.4, 0.5) is 5.69 Å². The van der Waals surface area contributed by atoms with Gasteiger partial charge in [0.25, 0.3) is 0 Å². The van der Waals surface area contributed by atoms with Gasteiger partial charge in [-0.1, -0.05) is 18.2 Å². The van der Waals surface area contributed by atoms with Crippen molar-refractivity contribution in [1.29, 1.82) is 0 Å². The van der Waals surface area contributed by atoms with Gasteiger partial charge in [0.2, 0.25) is 11.7 Å². The van der Waals surface area contributed by atoms with Crippen molar-refractivity contribution in [3.05, 3.63) is 54.1 Å². The van der Waals surface area contributed by atoms with Gasteiger partial charge < -0.3 is 24.4 Å². The summed E-state index contributed by atoms with van der Waals surface area (Å²) in [5, 5.41) is 2.90. The van der Waals surface area contributed by atoms with Crippen LogP contribution in [0.3, 0.4) is 0 Å². The minimum absolute atomic E-state index is 0.154. The Labute approximate surface area is 166 Å². The molecule has 28 heavy (non-hydrogen) atoms. The number of hydrogen-bond acceptors (Lipinski definition) is 5. The number of para-hydroxylation sites is 1. The molecular formula is C22H28N2O4. The Hall–Kier alpha value is -3.15. The fourth-order valence-electron chi connectivity index (χ4n) is 2.82. The number of anilines is 1. The largest absolute Gasteiger partial charge is 0.493 e. The molecule has 2 aromatic carbocycles. The molecule has 0 bridgehead atoms. The molecule has 2 rings (SSSR count). The number of methoxy groups -OCH3 is 3. The highest BCUT2D eigenvalue weighted by Crippen LogP contribution is 2.40. The van der Waals surface area contributed by atoms with E-state index in [1.54, 1.807) is 33.5 Å². The van der Waals surface area contributed by atoms with E-state index < -0.39 is 0 Å². The van der Waals surface area contributed by atoms with Crippen molar-refractivity contribution in [1.82, 2.24) is 5.32 Å². The highest BCUT2D eigenvalue weighted by Gasteiger charge is 2.14. The van der Waals surface area contributed by atoms with Crippen molar-refractivity contribution >= 4 is 17.7 Å². The topological polar surface area (TPSA) is 60.0 Å². The maximum atomic E-state index is 12.1. The van der Waals surface area contributed by atoms with Gasteiger partial charge in [-0.3, -0.25) is 4.79 Å². The van der Waals surface area contributed by atoms with Gasteiger partial charge in [-0.05, 0) is 36.8 Å². The lowest BCUT2D eigenvalue weighted by Gasteiger charge is -2.19. The molecule has 0 aromatic heterocycles. The summed E-state index contributed by atoms with van der Waals surface area (Å²) in [6.07, 6.45) is 4.04. The molecule has 0 aliphatic carbocycles. The number of amides is 1. The van der Waals surface area contributed by atoms with Gasteiger partial charge >= 0.3 is 0 Å². The van der Waals surface area contributed by atoms with E-state index in [4.69, 9.17) is 14.2 Å². The lowest BCUT2D eigenvalue weighted by Crippen LogP contribution is -2.26. The summed E-state index contributed by atoms with van der Waals surface area (Å²) in [4.78, 5) is 14.3. The Kier molecular flexibility index (Phi) is 8.21. The lowest BCUT2D eigenvalue weighted by atomic mass is 10.1. The van der Waals surface area contributed by atoms with E-state index in [1.807, 2.05) is 31.3 Å². The smallest absolute Gasteiger partial charge is 0.244 e. The number of benzene rings is 2. The van der Waals surface area contributed by atoms with Gasteiger partial charge in [-0.15, -0.1) is 0 Å². The zero-order chi connectivity index (χ0) is 20.4. The standard InChI is InChI=1S/C22H28N2O4/c1-24(18-9-6-5-7-10-18)16-8-15-23-20(25)14-12-17-11-13-19(26-2)22(28-4)21(17)27-3/h5-7,9-14H,8,15-16H2,1-4H3,(H,23,25)/b14-12+. The SMILES string of the molecule is COc1ccc(/C=C/C(=O)NCCCN(C)c2ccccc2)c(OC)c1OC. The summed E-state index contributed by atoms with van der Waals surface area (Å²) in [5.74, 6) is 1.44. The van der Waals surface area contributed by atoms with Crippen LogP contribution in [0.1, 0.15) is 12.0 Å². The monoisotopic (exact) mass is 384 g/mol. The predicted molar refractivity (Wildman–Crippen MR) is 112 cm³/mol. The van der Waals surface area contributed by atoms with E-state index >= 15 is 0 Å². The lowest BCUT2D eigenvalue weighted by molar-refractivity contribution is -0.116. The van der Waals surface area contributed by atoms with E-state index in [0.717, 1.165) is 24.2 Å². The zero-order valence-electron chi connectivity index (χ0n) is 16.9. The van der Waals surface area contributed by atoms with Crippen LogP contribution in [0.25, 0.3) is 6.08 Å². The van der Waals surface area contributed by atoms with Crippen molar-refractivity contribution in [2.24, 2.45) is 0 Å². The summed E-state index contributed by atoms with van der Waals surface area (Å²) in [6, 6.07) is 13.8. The van der Waals surface area contributed by atoms with Gasteiger partial charge in [0.05, 0.1) is 21.3 Å². The molecule has 0 atom stereocenters. The van der Waals surface area contributed by atoms with Crippen LogP contribution >= 0.6 is 0 Å². The summed E-state index contributed by atoms with van der Waals surface area (Å²) in [7, 11) is 6.71. The molecule has 6 heteroatoms. The highest BCUT2D eigenvalue weighted by atomic mass is 16.5. The van der Waals surface area contributed by atoms with Crippen molar-refractivity contribution in [2.75, 3.05) is 46.4 Å². The molecule has 150 valence electrons. The second-order valence-corrected chi connectivity index (χ2v) is 6.16. The summed E-state index contributed by atoms with van der Waals surface area (Å²) >= 11 is 0. The molecule has 1 N–H and O–H groups in total. The Morgan fingerprint density at radius 2 is 1.71 bits per heavy atom. The zero-order valence-corrected chi connectivity index (χ0v) is 16.9. The van der Waals surface area contributed by atoms with Crippen LogP contribution in [0.15, 0.2) is 48.5 Å². The number of ether oxygens (including phenoxy) is 3. The first kappa shape index (κ1) is 21.2. The van der Waals surface area contributed by atoms with Gasteiger partial charge in [0, 0.05) is 37.5 Å². The third-order valence-corrected chi connectivity index (χ3v) is 4.32. The average molecular weight is 384 g/mol. The fraction of sp³-hybridized carbons (Fsp3) is 0.318. The Morgan fingerprint density at radius 3 is 2.36 bits per heavy atom. The second-order valence-electron chi connectivity index (χ2n) is 6.16. The van der Waals surface area contributed by atoms with Gasteiger partial charge in [-0.25, -0.2) is 0 Å². The van der Waals surface area contributed by atoms with Crippen molar-refractivity contribution < 1.29 is 19.0 Å². The molecule has 0 aliphatic heterocycles. The summed E-state index contributed by atoms with van der Waals surface area (Å²) in [5.41, 5.74) is 1.90. The van der Waals surface area contributed by atoms with E-state index in [1.165, 1.54) is 6.08 Å². The van der Waals surface area contributed by atoms with Crippen LogP contribution in [0, 0.1) is 0 Å². The fourth-order valence-corrected chi connectivity index (χ4v) is 2.82. The molecule has 1 amide bonds.